The molecule has 0 saturated heterocycles. The van der Waals surface area contributed by atoms with Gasteiger partial charge in [-0.2, -0.15) is 5.10 Å². The topological polar surface area (TPSA) is 62.8 Å². The molecule has 4 rings (SSSR count). The highest BCUT2D eigenvalue weighted by atomic mass is 16.5. The lowest BCUT2D eigenvalue weighted by atomic mass is 9.91. The Bertz CT molecular complexity index is 1400. The van der Waals surface area contributed by atoms with Crippen LogP contribution in [0, 0.1) is 19.8 Å². The molecule has 0 radical (unpaired) electrons. The fraction of sp³-hybridized carbons (Fsp3) is 0.455. The van der Waals surface area contributed by atoms with Crippen LogP contribution in [0.15, 0.2) is 42.6 Å². The molecule has 0 unspecified atom stereocenters. The number of H-pyrrole nitrogens is 1. The molecule has 0 fully saturated rings. The van der Waals surface area contributed by atoms with Crippen LogP contribution in [-0.4, -0.2) is 21.2 Å². The van der Waals surface area contributed by atoms with Gasteiger partial charge in [-0.1, -0.05) is 59.7 Å². The summed E-state index contributed by atoms with van der Waals surface area (Å²) in [6.45, 7) is 21.1. The summed E-state index contributed by atoms with van der Waals surface area (Å²) < 4.78 is 6.42. The SMILES string of the molecule is Cc1cc(C(C)C)ccc1OCc1c(CN[C@H](C)C(C)C)cc(-c2c(C(C)C)ccc3[nH]ncc23)nc1C. The zero-order valence-electron chi connectivity index (χ0n) is 24.6. The normalized spacial score (nSPS) is 12.7. The molecule has 2 heterocycles. The van der Waals surface area contributed by atoms with E-state index in [1.807, 2.05) is 6.20 Å². The van der Waals surface area contributed by atoms with Crippen molar-refractivity contribution in [3.8, 4) is 17.0 Å². The van der Waals surface area contributed by atoms with Crippen molar-refractivity contribution in [3.63, 3.8) is 0 Å². The second-order valence-electron chi connectivity index (χ2n) is 11.6. The largest absolute Gasteiger partial charge is 0.489 e. The smallest absolute Gasteiger partial charge is 0.122 e. The number of fused-ring (bicyclic) bond motifs is 1. The molecule has 0 aliphatic heterocycles. The summed E-state index contributed by atoms with van der Waals surface area (Å²) in [6.07, 6.45) is 1.92. The minimum atomic E-state index is 0.369. The third kappa shape index (κ3) is 5.94. The number of pyridine rings is 1. The van der Waals surface area contributed by atoms with Crippen LogP contribution in [0.4, 0.5) is 0 Å². The number of ether oxygens (including phenoxy) is 1. The number of nitrogens with zero attached hydrogens (tertiary/aromatic N) is 2. The molecule has 0 aliphatic rings. The minimum absolute atomic E-state index is 0.369. The maximum absolute atomic E-state index is 6.42. The maximum atomic E-state index is 6.42. The second kappa shape index (κ2) is 11.7. The summed E-state index contributed by atoms with van der Waals surface area (Å²) in [5, 5.41) is 12.3. The lowest BCUT2D eigenvalue weighted by molar-refractivity contribution is 0.300. The highest BCUT2D eigenvalue weighted by Crippen LogP contribution is 2.36. The molecule has 5 heteroatoms. The average molecular weight is 513 g/mol. The van der Waals surface area contributed by atoms with Gasteiger partial charge in [-0.15, -0.1) is 0 Å². The van der Waals surface area contributed by atoms with Crippen molar-refractivity contribution < 1.29 is 4.74 Å². The first kappa shape index (κ1) is 27.8. The average Bonchev–Trinajstić information content (AvgIpc) is 3.35. The highest BCUT2D eigenvalue weighted by molar-refractivity contribution is 5.95. The van der Waals surface area contributed by atoms with E-state index in [1.165, 1.54) is 27.8 Å². The van der Waals surface area contributed by atoms with Gasteiger partial charge in [-0.3, -0.25) is 10.1 Å². The number of aryl methyl sites for hydroxylation is 2. The number of hydrogen-bond donors (Lipinski definition) is 2. The first-order valence-electron chi connectivity index (χ1n) is 14.0. The van der Waals surface area contributed by atoms with Crippen molar-refractivity contribution in [1.82, 2.24) is 20.5 Å². The molecule has 2 aromatic carbocycles. The van der Waals surface area contributed by atoms with Crippen LogP contribution in [0.5, 0.6) is 5.75 Å². The van der Waals surface area contributed by atoms with E-state index in [0.717, 1.165) is 40.1 Å². The van der Waals surface area contributed by atoms with E-state index in [-0.39, 0.29) is 0 Å². The molecule has 0 saturated carbocycles. The lowest BCUT2D eigenvalue weighted by Gasteiger charge is -2.22. The van der Waals surface area contributed by atoms with E-state index in [1.54, 1.807) is 0 Å². The minimum Gasteiger partial charge on any atom is -0.489 e. The molecule has 0 bridgehead atoms. The Labute approximate surface area is 228 Å². The maximum Gasteiger partial charge on any atom is 0.122 e. The van der Waals surface area contributed by atoms with Gasteiger partial charge in [0.05, 0.1) is 17.4 Å². The van der Waals surface area contributed by atoms with E-state index < -0.39 is 0 Å². The predicted octanol–water partition coefficient (Wildman–Crippen LogP) is 8.20. The Morgan fingerprint density at radius 3 is 2.34 bits per heavy atom. The molecule has 1 atom stereocenters. The second-order valence-corrected chi connectivity index (χ2v) is 11.6. The van der Waals surface area contributed by atoms with Crippen molar-refractivity contribution in [2.45, 2.75) is 93.3 Å². The van der Waals surface area contributed by atoms with Crippen molar-refractivity contribution in [2.24, 2.45) is 5.92 Å². The van der Waals surface area contributed by atoms with Crippen LogP contribution < -0.4 is 10.1 Å². The van der Waals surface area contributed by atoms with Crippen LogP contribution in [-0.2, 0) is 13.2 Å². The van der Waals surface area contributed by atoms with Crippen molar-refractivity contribution in [3.05, 3.63) is 76.1 Å². The van der Waals surface area contributed by atoms with Crippen LogP contribution in [0.2, 0.25) is 0 Å². The molecule has 38 heavy (non-hydrogen) atoms. The fourth-order valence-electron chi connectivity index (χ4n) is 4.90. The van der Waals surface area contributed by atoms with Crippen LogP contribution in [0.25, 0.3) is 22.2 Å². The van der Waals surface area contributed by atoms with Crippen LogP contribution in [0.3, 0.4) is 0 Å². The fourth-order valence-corrected chi connectivity index (χ4v) is 4.90. The summed E-state index contributed by atoms with van der Waals surface area (Å²) >= 11 is 0. The third-order valence-corrected chi connectivity index (χ3v) is 7.81. The monoisotopic (exact) mass is 512 g/mol. The quantitative estimate of drug-likeness (QED) is 0.225. The van der Waals surface area contributed by atoms with Crippen molar-refractivity contribution >= 4 is 10.9 Å². The van der Waals surface area contributed by atoms with E-state index in [4.69, 9.17) is 9.72 Å². The summed E-state index contributed by atoms with van der Waals surface area (Å²) in [5.41, 5.74) is 10.4. The van der Waals surface area contributed by atoms with E-state index in [0.29, 0.717) is 30.4 Å². The van der Waals surface area contributed by atoms with Gasteiger partial charge in [0.25, 0.3) is 0 Å². The first-order chi connectivity index (χ1) is 18.1. The van der Waals surface area contributed by atoms with E-state index >= 15 is 0 Å². The summed E-state index contributed by atoms with van der Waals surface area (Å²) in [5.74, 6) is 2.34. The molecular formula is C33H44N4O. The highest BCUT2D eigenvalue weighted by Gasteiger charge is 2.19. The predicted molar refractivity (Wildman–Crippen MR) is 159 cm³/mol. The van der Waals surface area contributed by atoms with Crippen LogP contribution in [0.1, 0.15) is 93.8 Å². The number of rotatable bonds is 10. The summed E-state index contributed by atoms with van der Waals surface area (Å²) in [4.78, 5) is 5.16. The number of hydrogen-bond acceptors (Lipinski definition) is 4. The van der Waals surface area contributed by atoms with Gasteiger partial charge in [0.15, 0.2) is 0 Å². The van der Waals surface area contributed by atoms with Gasteiger partial charge >= 0.3 is 0 Å². The lowest BCUT2D eigenvalue weighted by Crippen LogP contribution is -2.30. The van der Waals surface area contributed by atoms with Gasteiger partial charge in [0, 0.05) is 34.8 Å². The van der Waals surface area contributed by atoms with Crippen molar-refractivity contribution in [2.75, 3.05) is 0 Å². The Hall–Kier alpha value is -3.18. The number of benzene rings is 2. The molecule has 5 nitrogen and oxygen atoms in total. The zero-order valence-corrected chi connectivity index (χ0v) is 24.6. The first-order valence-corrected chi connectivity index (χ1v) is 14.0. The summed E-state index contributed by atoms with van der Waals surface area (Å²) in [7, 11) is 0. The number of aromatic amines is 1. The Morgan fingerprint density at radius 2 is 1.68 bits per heavy atom. The Morgan fingerprint density at radius 1 is 0.921 bits per heavy atom. The molecule has 0 spiro atoms. The van der Waals surface area contributed by atoms with Crippen molar-refractivity contribution in [1.29, 1.82) is 0 Å². The van der Waals surface area contributed by atoms with Gasteiger partial charge in [0.1, 0.15) is 12.4 Å². The molecular weight excluding hydrogens is 468 g/mol. The Kier molecular flexibility index (Phi) is 8.57. The zero-order chi connectivity index (χ0) is 27.6. The molecule has 0 amide bonds. The summed E-state index contributed by atoms with van der Waals surface area (Å²) in [6, 6.07) is 13.5. The third-order valence-electron chi connectivity index (χ3n) is 7.81. The van der Waals surface area contributed by atoms with E-state index in [2.05, 4.69) is 114 Å². The molecule has 2 N–H and O–H groups in total. The molecule has 4 aromatic rings. The van der Waals surface area contributed by atoms with Gasteiger partial charge in [-0.05, 0) is 79.0 Å². The molecule has 202 valence electrons. The van der Waals surface area contributed by atoms with Gasteiger partial charge in [-0.25, -0.2) is 0 Å². The molecule has 0 aliphatic carbocycles. The molecule has 2 aromatic heterocycles. The van der Waals surface area contributed by atoms with Crippen LogP contribution >= 0.6 is 0 Å². The number of nitrogens with one attached hydrogen (secondary N) is 2. The van der Waals surface area contributed by atoms with Gasteiger partial charge in [0.2, 0.25) is 0 Å². The van der Waals surface area contributed by atoms with E-state index in [9.17, 15) is 0 Å². The standard InChI is InChI=1S/C33H44N4O/c1-19(2)23(8)34-16-26-15-31(33-27(21(5)6)11-12-30-28(33)17-35-37-30)36-24(9)29(26)18-38-32-13-10-25(20(3)4)14-22(32)7/h10-15,17,19-21,23,34H,16,18H2,1-9H3,(H,35,37)/t23-/m1/s1. The van der Waals surface area contributed by atoms with Gasteiger partial charge < -0.3 is 10.1 Å². The Balaban J connectivity index is 1.76. The number of aromatic nitrogens is 3.